The first-order valence-corrected chi connectivity index (χ1v) is 7.75. The second-order valence-corrected chi connectivity index (χ2v) is 5.89. The van der Waals surface area contributed by atoms with Gasteiger partial charge in [-0.15, -0.1) is 11.3 Å². The Balaban J connectivity index is 1.77. The fourth-order valence-corrected chi connectivity index (χ4v) is 2.77. The summed E-state index contributed by atoms with van der Waals surface area (Å²) >= 11 is 1.56. The van der Waals surface area contributed by atoms with Crippen LogP contribution in [0.2, 0.25) is 0 Å². The molecule has 0 unspecified atom stereocenters. The predicted molar refractivity (Wildman–Crippen MR) is 86.8 cm³/mol. The maximum atomic E-state index is 13.8. The van der Waals surface area contributed by atoms with Crippen molar-refractivity contribution in [3.63, 3.8) is 0 Å². The maximum absolute atomic E-state index is 13.8. The van der Waals surface area contributed by atoms with Gasteiger partial charge >= 0.3 is 0 Å². The van der Waals surface area contributed by atoms with E-state index in [9.17, 15) is 9.18 Å². The summed E-state index contributed by atoms with van der Waals surface area (Å²) in [5, 5.41) is 4.98. The molecule has 3 rings (SSSR count). The van der Waals surface area contributed by atoms with Gasteiger partial charge in [0.05, 0.1) is 17.6 Å². The first kappa shape index (κ1) is 15.2. The number of benzene rings is 1. The van der Waals surface area contributed by atoms with Crippen LogP contribution in [0.4, 0.5) is 10.1 Å². The second-order valence-electron chi connectivity index (χ2n) is 4.94. The Kier molecular flexibility index (Phi) is 4.12. The van der Waals surface area contributed by atoms with E-state index in [0.717, 1.165) is 10.9 Å². The zero-order chi connectivity index (χ0) is 16.4. The fraction of sp³-hybridized carbons (Fsp3) is 0.125. The Morgan fingerprint density at radius 2 is 2.30 bits per heavy atom. The number of nitrogens with zero attached hydrogens (tertiary/aromatic N) is 1. The van der Waals surface area contributed by atoms with Crippen molar-refractivity contribution in [1.29, 1.82) is 0 Å². The highest BCUT2D eigenvalue weighted by atomic mass is 32.1. The van der Waals surface area contributed by atoms with Gasteiger partial charge in [-0.05, 0) is 30.5 Å². The highest BCUT2D eigenvalue weighted by molar-refractivity contribution is 7.13. The molecule has 0 radical (unpaired) electrons. The lowest BCUT2D eigenvalue weighted by molar-refractivity contribution is 0.1000. The van der Waals surface area contributed by atoms with Crippen LogP contribution in [0.15, 0.2) is 40.3 Å². The van der Waals surface area contributed by atoms with Crippen molar-refractivity contribution >= 4 is 22.9 Å². The number of carbonyl (C=O) groups excluding carboxylic acids is 1. The monoisotopic (exact) mass is 331 g/mol. The molecule has 0 aliphatic carbocycles. The summed E-state index contributed by atoms with van der Waals surface area (Å²) in [7, 11) is 0. The number of halogens is 1. The smallest absolute Gasteiger partial charge is 0.248 e. The first-order chi connectivity index (χ1) is 11.0. The van der Waals surface area contributed by atoms with Gasteiger partial charge in [-0.2, -0.15) is 0 Å². The van der Waals surface area contributed by atoms with Crippen LogP contribution < -0.4 is 11.1 Å². The van der Waals surface area contributed by atoms with Gasteiger partial charge in [0.2, 0.25) is 11.8 Å². The summed E-state index contributed by atoms with van der Waals surface area (Å²) in [5.74, 6) is -0.0122. The average molecular weight is 331 g/mol. The SMILES string of the molecule is Cc1c(F)cc(C(N)=O)cc1NCc1ncc(-c2cccs2)o1. The van der Waals surface area contributed by atoms with Gasteiger partial charge in [0, 0.05) is 16.8 Å². The summed E-state index contributed by atoms with van der Waals surface area (Å²) in [5.41, 5.74) is 6.20. The lowest BCUT2D eigenvalue weighted by Crippen LogP contribution is -2.13. The standard InChI is InChI=1S/C16H14FN3O2S/c1-9-11(17)5-10(16(18)21)6-12(9)19-8-15-20-7-13(22-15)14-3-2-4-23-14/h2-7,19H,8H2,1H3,(H2,18,21). The minimum absolute atomic E-state index is 0.113. The molecule has 0 spiro atoms. The lowest BCUT2D eigenvalue weighted by Gasteiger charge is -2.10. The van der Waals surface area contributed by atoms with Crippen LogP contribution in [-0.2, 0) is 6.54 Å². The third-order valence-corrected chi connectivity index (χ3v) is 4.26. The molecular formula is C16H14FN3O2S. The Hall–Kier alpha value is -2.67. The Labute approximate surface area is 136 Å². The molecule has 5 nitrogen and oxygen atoms in total. The van der Waals surface area contributed by atoms with E-state index < -0.39 is 11.7 Å². The summed E-state index contributed by atoms with van der Waals surface area (Å²) < 4.78 is 19.5. The molecule has 0 fully saturated rings. The number of oxazole rings is 1. The number of thiophene rings is 1. The Bertz CT molecular complexity index is 843. The molecule has 0 bridgehead atoms. The van der Waals surface area contributed by atoms with Gasteiger partial charge in [-0.1, -0.05) is 6.07 Å². The van der Waals surface area contributed by atoms with Gasteiger partial charge in [-0.25, -0.2) is 9.37 Å². The van der Waals surface area contributed by atoms with Crippen molar-refractivity contribution in [3.05, 3.63) is 58.7 Å². The van der Waals surface area contributed by atoms with Crippen molar-refractivity contribution in [2.75, 3.05) is 5.32 Å². The Morgan fingerprint density at radius 3 is 3.00 bits per heavy atom. The summed E-state index contributed by atoms with van der Waals surface area (Å²) in [4.78, 5) is 16.4. The third-order valence-electron chi connectivity index (χ3n) is 3.38. The van der Waals surface area contributed by atoms with Crippen molar-refractivity contribution in [2.24, 2.45) is 5.73 Å². The average Bonchev–Trinajstić information content (AvgIpc) is 3.18. The van der Waals surface area contributed by atoms with E-state index in [4.69, 9.17) is 10.2 Å². The number of primary amides is 1. The topological polar surface area (TPSA) is 81.2 Å². The third kappa shape index (κ3) is 3.24. The van der Waals surface area contributed by atoms with Gasteiger partial charge in [0.15, 0.2) is 5.76 Å². The summed E-state index contributed by atoms with van der Waals surface area (Å²) in [6.07, 6.45) is 1.65. The van der Waals surface area contributed by atoms with Crippen molar-refractivity contribution in [2.45, 2.75) is 13.5 Å². The molecule has 23 heavy (non-hydrogen) atoms. The molecule has 0 aliphatic rings. The zero-order valence-corrected chi connectivity index (χ0v) is 13.1. The molecular weight excluding hydrogens is 317 g/mol. The fourth-order valence-electron chi connectivity index (χ4n) is 2.10. The van der Waals surface area contributed by atoms with Crippen LogP contribution in [0.3, 0.4) is 0 Å². The van der Waals surface area contributed by atoms with Gasteiger partial charge in [-0.3, -0.25) is 4.79 Å². The van der Waals surface area contributed by atoms with Crippen LogP contribution in [0, 0.1) is 12.7 Å². The van der Waals surface area contributed by atoms with E-state index >= 15 is 0 Å². The summed E-state index contributed by atoms with van der Waals surface area (Å²) in [6.45, 7) is 1.89. The van der Waals surface area contributed by atoms with Crippen molar-refractivity contribution in [3.8, 4) is 10.6 Å². The number of rotatable bonds is 5. The largest absolute Gasteiger partial charge is 0.438 e. The van der Waals surface area contributed by atoms with Gasteiger partial charge in [0.1, 0.15) is 5.82 Å². The number of nitrogens with one attached hydrogen (secondary N) is 1. The first-order valence-electron chi connectivity index (χ1n) is 6.87. The molecule has 0 atom stereocenters. The normalized spacial score (nSPS) is 10.7. The number of hydrogen-bond donors (Lipinski definition) is 2. The minimum Gasteiger partial charge on any atom is -0.438 e. The van der Waals surface area contributed by atoms with Gasteiger partial charge < -0.3 is 15.5 Å². The number of aromatic nitrogens is 1. The Morgan fingerprint density at radius 1 is 1.48 bits per heavy atom. The molecule has 3 aromatic rings. The lowest BCUT2D eigenvalue weighted by atomic mass is 10.1. The molecule has 1 amide bonds. The quantitative estimate of drug-likeness (QED) is 0.749. The van der Waals surface area contributed by atoms with E-state index in [1.165, 1.54) is 6.07 Å². The highest BCUT2D eigenvalue weighted by Gasteiger charge is 2.12. The summed E-state index contributed by atoms with van der Waals surface area (Å²) in [6, 6.07) is 6.52. The van der Waals surface area contributed by atoms with Crippen LogP contribution in [0.5, 0.6) is 0 Å². The molecule has 2 aromatic heterocycles. The molecule has 118 valence electrons. The second kappa shape index (κ2) is 6.21. The predicted octanol–water partition coefficient (Wildman–Crippen LogP) is 3.56. The molecule has 0 saturated heterocycles. The molecule has 7 heteroatoms. The molecule has 1 aromatic carbocycles. The van der Waals surface area contributed by atoms with E-state index in [1.54, 1.807) is 24.5 Å². The van der Waals surface area contributed by atoms with E-state index in [-0.39, 0.29) is 12.1 Å². The van der Waals surface area contributed by atoms with E-state index in [2.05, 4.69) is 10.3 Å². The molecule has 3 N–H and O–H groups in total. The maximum Gasteiger partial charge on any atom is 0.248 e. The zero-order valence-electron chi connectivity index (χ0n) is 12.3. The number of amides is 1. The molecule has 2 heterocycles. The molecule has 0 aliphatic heterocycles. The minimum atomic E-state index is -0.678. The van der Waals surface area contributed by atoms with Crippen LogP contribution in [0.25, 0.3) is 10.6 Å². The van der Waals surface area contributed by atoms with Crippen LogP contribution >= 0.6 is 11.3 Å². The number of carbonyl (C=O) groups is 1. The van der Waals surface area contributed by atoms with Crippen LogP contribution in [0.1, 0.15) is 21.8 Å². The van der Waals surface area contributed by atoms with Gasteiger partial charge in [0.25, 0.3) is 0 Å². The van der Waals surface area contributed by atoms with Crippen molar-refractivity contribution < 1.29 is 13.6 Å². The highest BCUT2D eigenvalue weighted by Crippen LogP contribution is 2.26. The van der Waals surface area contributed by atoms with Crippen molar-refractivity contribution in [1.82, 2.24) is 4.98 Å². The van der Waals surface area contributed by atoms with E-state index in [0.29, 0.717) is 22.9 Å². The van der Waals surface area contributed by atoms with E-state index in [1.807, 2.05) is 17.5 Å². The molecule has 0 saturated carbocycles. The number of hydrogen-bond acceptors (Lipinski definition) is 5. The number of nitrogens with two attached hydrogens (primary N) is 1. The van der Waals surface area contributed by atoms with Crippen LogP contribution in [-0.4, -0.2) is 10.9 Å². The number of anilines is 1.